The second-order valence-corrected chi connectivity index (χ2v) is 6.41. The van der Waals surface area contributed by atoms with Gasteiger partial charge in [-0.05, 0) is 25.3 Å². The second kappa shape index (κ2) is 6.71. The zero-order valence-corrected chi connectivity index (χ0v) is 15.0. The molecule has 26 heavy (non-hydrogen) atoms. The van der Waals surface area contributed by atoms with Crippen LogP contribution in [0.4, 0.5) is 0 Å². The average Bonchev–Trinajstić information content (AvgIpc) is 3.28. The predicted octanol–water partition coefficient (Wildman–Crippen LogP) is 1.50. The first kappa shape index (κ1) is 16.5. The average molecular weight is 369 g/mol. The van der Waals surface area contributed by atoms with Gasteiger partial charge in [-0.2, -0.15) is 0 Å². The number of para-hydroxylation sites is 2. The van der Waals surface area contributed by atoms with Crippen molar-refractivity contribution in [2.75, 3.05) is 6.26 Å². The van der Waals surface area contributed by atoms with Crippen molar-refractivity contribution in [3.05, 3.63) is 58.1 Å². The minimum Gasteiger partial charge on any atom is -0.414 e. The molecule has 0 bridgehead atoms. The molecule has 0 spiro atoms. The van der Waals surface area contributed by atoms with E-state index in [1.54, 1.807) is 22.4 Å². The van der Waals surface area contributed by atoms with Gasteiger partial charge >= 0.3 is 0 Å². The number of thioether (sulfide) groups is 1. The fraction of sp³-hybridized carbons (Fsp3) is 0.250. The molecule has 0 aliphatic heterocycles. The van der Waals surface area contributed by atoms with E-state index in [0.717, 1.165) is 11.0 Å². The number of benzene rings is 1. The van der Waals surface area contributed by atoms with E-state index in [9.17, 15) is 4.79 Å². The van der Waals surface area contributed by atoms with E-state index in [2.05, 4.69) is 25.5 Å². The van der Waals surface area contributed by atoms with E-state index >= 15 is 0 Å². The lowest BCUT2D eigenvalue weighted by molar-refractivity contribution is 0.396. The maximum atomic E-state index is 12.5. The second-order valence-electron chi connectivity index (χ2n) is 5.65. The molecule has 0 unspecified atom stereocenters. The Bertz CT molecular complexity index is 1130. The summed E-state index contributed by atoms with van der Waals surface area (Å²) >= 11 is 1.38. The predicted molar refractivity (Wildman–Crippen MR) is 95.0 cm³/mol. The number of hydrogen-bond donors (Lipinski definition) is 0. The highest BCUT2D eigenvalue weighted by Gasteiger charge is 2.12. The van der Waals surface area contributed by atoms with Crippen LogP contribution in [0.25, 0.3) is 11.0 Å². The van der Waals surface area contributed by atoms with E-state index in [1.165, 1.54) is 11.8 Å². The first-order chi connectivity index (χ1) is 12.6. The molecule has 0 fully saturated rings. The number of nitrogens with zero attached hydrogens (tertiary/aromatic N) is 7. The molecule has 4 rings (SSSR count). The minimum absolute atomic E-state index is 0.139. The molecule has 1 aromatic carbocycles. The molecular weight excluding hydrogens is 354 g/mol. The van der Waals surface area contributed by atoms with E-state index in [1.807, 2.05) is 30.5 Å². The van der Waals surface area contributed by atoms with Gasteiger partial charge in [0.15, 0.2) is 0 Å². The lowest BCUT2D eigenvalue weighted by Gasteiger charge is -2.09. The number of fused-ring (bicyclic) bond motifs is 1. The van der Waals surface area contributed by atoms with Crippen LogP contribution in [-0.2, 0) is 13.1 Å². The van der Waals surface area contributed by atoms with Crippen LogP contribution in [-0.4, -0.2) is 41.0 Å². The molecule has 0 amide bonds. The van der Waals surface area contributed by atoms with Crippen molar-refractivity contribution in [3.8, 4) is 0 Å². The van der Waals surface area contributed by atoms with Crippen molar-refractivity contribution in [2.45, 2.75) is 25.2 Å². The summed E-state index contributed by atoms with van der Waals surface area (Å²) < 4.78 is 8.71. The summed E-state index contributed by atoms with van der Waals surface area (Å²) in [6, 6.07) is 7.53. The van der Waals surface area contributed by atoms with Gasteiger partial charge in [-0.3, -0.25) is 9.36 Å². The number of aromatic nitrogens is 7. The topological polar surface area (TPSA) is 105 Å². The summed E-state index contributed by atoms with van der Waals surface area (Å²) in [5, 5.41) is 16.6. The number of rotatable bonds is 5. The number of aryl methyl sites for hydroxylation is 1. The zero-order chi connectivity index (χ0) is 18.1. The van der Waals surface area contributed by atoms with Crippen LogP contribution >= 0.6 is 11.8 Å². The molecule has 132 valence electrons. The highest BCUT2D eigenvalue weighted by molar-refractivity contribution is 7.98. The summed E-state index contributed by atoms with van der Waals surface area (Å²) in [7, 11) is 0. The first-order valence-electron chi connectivity index (χ1n) is 7.85. The Morgan fingerprint density at radius 2 is 2.00 bits per heavy atom. The van der Waals surface area contributed by atoms with E-state index in [0.29, 0.717) is 35.6 Å². The maximum Gasteiger partial charge on any atom is 0.276 e. The fourth-order valence-electron chi connectivity index (χ4n) is 2.65. The van der Waals surface area contributed by atoms with Crippen LogP contribution in [0.3, 0.4) is 0 Å². The Hall–Kier alpha value is -3.01. The first-order valence-corrected chi connectivity index (χ1v) is 9.08. The van der Waals surface area contributed by atoms with Crippen LogP contribution in [0, 0.1) is 6.92 Å². The Kier molecular flexibility index (Phi) is 4.25. The standard InChI is InChI=1S/C16H15N7O2S/c1-10-15(24)23(13-6-4-3-5-12(13)17-10)8-11-7-22(21-18-11)9-14-19-20-16(25-14)26-2/h3-7H,8-9H2,1-2H3. The summed E-state index contributed by atoms with van der Waals surface area (Å²) in [5.74, 6) is 0.452. The van der Waals surface area contributed by atoms with Crippen LogP contribution in [0.5, 0.6) is 0 Å². The highest BCUT2D eigenvalue weighted by Crippen LogP contribution is 2.13. The van der Waals surface area contributed by atoms with E-state index in [4.69, 9.17) is 4.42 Å². The normalized spacial score (nSPS) is 11.3. The highest BCUT2D eigenvalue weighted by atomic mass is 32.2. The SMILES string of the molecule is CSc1nnc(Cn2cc(Cn3c(=O)c(C)nc4ccccc43)nn2)o1. The van der Waals surface area contributed by atoms with Crippen molar-refractivity contribution in [2.24, 2.45) is 0 Å². The monoisotopic (exact) mass is 369 g/mol. The van der Waals surface area contributed by atoms with Gasteiger partial charge in [0.2, 0.25) is 5.89 Å². The molecule has 3 heterocycles. The third kappa shape index (κ3) is 3.10. The lowest BCUT2D eigenvalue weighted by atomic mass is 10.2. The van der Waals surface area contributed by atoms with Gasteiger partial charge in [0.25, 0.3) is 10.8 Å². The summed E-state index contributed by atoms with van der Waals surface area (Å²) in [6.07, 6.45) is 3.63. The molecule has 0 aliphatic rings. The summed E-state index contributed by atoms with van der Waals surface area (Å²) in [4.78, 5) is 16.9. The minimum atomic E-state index is -0.139. The molecule has 10 heteroatoms. The molecule has 0 saturated carbocycles. The molecule has 0 radical (unpaired) electrons. The van der Waals surface area contributed by atoms with Crippen molar-refractivity contribution >= 4 is 22.8 Å². The van der Waals surface area contributed by atoms with Gasteiger partial charge in [0, 0.05) is 0 Å². The van der Waals surface area contributed by atoms with Crippen molar-refractivity contribution < 1.29 is 4.42 Å². The summed E-state index contributed by atoms with van der Waals surface area (Å²) in [6.45, 7) is 2.34. The van der Waals surface area contributed by atoms with Crippen LogP contribution in [0.1, 0.15) is 17.3 Å². The van der Waals surface area contributed by atoms with E-state index in [-0.39, 0.29) is 5.56 Å². The van der Waals surface area contributed by atoms with Gasteiger partial charge in [-0.15, -0.1) is 15.3 Å². The molecule has 3 aromatic heterocycles. The molecular formula is C16H15N7O2S. The Balaban J connectivity index is 1.62. The quantitative estimate of drug-likeness (QED) is 0.487. The molecule has 9 nitrogen and oxygen atoms in total. The van der Waals surface area contributed by atoms with Crippen LogP contribution < -0.4 is 5.56 Å². The maximum absolute atomic E-state index is 12.5. The van der Waals surface area contributed by atoms with Gasteiger partial charge in [0.1, 0.15) is 17.9 Å². The Labute approximate surface area is 152 Å². The van der Waals surface area contributed by atoms with Crippen molar-refractivity contribution in [3.63, 3.8) is 0 Å². The molecule has 0 N–H and O–H groups in total. The third-order valence-electron chi connectivity index (χ3n) is 3.84. The van der Waals surface area contributed by atoms with Crippen molar-refractivity contribution in [1.82, 2.24) is 34.7 Å². The summed E-state index contributed by atoms with van der Waals surface area (Å²) in [5.41, 5.74) is 2.50. The smallest absolute Gasteiger partial charge is 0.276 e. The fourth-order valence-corrected chi connectivity index (χ4v) is 2.95. The number of hydrogen-bond acceptors (Lipinski definition) is 8. The lowest BCUT2D eigenvalue weighted by Crippen LogP contribution is -2.24. The van der Waals surface area contributed by atoms with Crippen LogP contribution in [0.2, 0.25) is 0 Å². The molecule has 0 aliphatic carbocycles. The van der Waals surface area contributed by atoms with Gasteiger partial charge < -0.3 is 4.42 Å². The Morgan fingerprint density at radius 1 is 1.15 bits per heavy atom. The van der Waals surface area contributed by atoms with Gasteiger partial charge in [-0.25, -0.2) is 9.67 Å². The largest absolute Gasteiger partial charge is 0.414 e. The molecule has 0 atom stereocenters. The zero-order valence-electron chi connectivity index (χ0n) is 14.2. The van der Waals surface area contributed by atoms with E-state index < -0.39 is 0 Å². The molecule has 0 saturated heterocycles. The molecule has 4 aromatic rings. The van der Waals surface area contributed by atoms with Gasteiger partial charge in [0.05, 0.1) is 23.8 Å². The van der Waals surface area contributed by atoms with Crippen LogP contribution in [0.15, 0.2) is 44.9 Å². The third-order valence-corrected chi connectivity index (χ3v) is 4.36. The van der Waals surface area contributed by atoms with Crippen molar-refractivity contribution in [1.29, 1.82) is 0 Å². The Morgan fingerprint density at radius 3 is 2.81 bits per heavy atom. The van der Waals surface area contributed by atoms with Gasteiger partial charge in [-0.1, -0.05) is 29.1 Å².